The first-order valence-corrected chi connectivity index (χ1v) is 7.48. The molecule has 1 aliphatic rings. The van der Waals surface area contributed by atoms with Crippen LogP contribution in [0.15, 0.2) is 28.7 Å². The lowest BCUT2D eigenvalue weighted by Gasteiger charge is -2.10. The summed E-state index contributed by atoms with van der Waals surface area (Å²) < 4.78 is 26.2. The fourth-order valence-electron chi connectivity index (χ4n) is 1.93. The molecule has 1 aromatic carbocycles. The Hall–Kier alpha value is -2.68. The van der Waals surface area contributed by atoms with E-state index in [1.54, 1.807) is 5.38 Å². The molecule has 0 spiro atoms. The van der Waals surface area contributed by atoms with Crippen LogP contribution in [0.25, 0.3) is 11.3 Å². The van der Waals surface area contributed by atoms with Crippen LogP contribution < -0.4 is 10.7 Å². The first-order chi connectivity index (χ1) is 11.0. The molecule has 0 atom stereocenters. The second-order valence-electron chi connectivity index (χ2n) is 4.71. The van der Waals surface area contributed by atoms with Crippen LogP contribution >= 0.6 is 11.3 Å². The van der Waals surface area contributed by atoms with E-state index in [9.17, 15) is 18.4 Å². The largest absolute Gasteiger partial charge is 0.297 e. The predicted octanol–water partition coefficient (Wildman–Crippen LogP) is 2.29. The molecular formula is C14H10F2N4O2S. The molecule has 3 rings (SSSR count). The average Bonchev–Trinajstić information content (AvgIpc) is 2.99. The molecule has 2 amide bonds. The maximum atomic E-state index is 13.2. The summed E-state index contributed by atoms with van der Waals surface area (Å²) in [5.41, 5.74) is 3.26. The number of thiazole rings is 1. The van der Waals surface area contributed by atoms with E-state index in [0.717, 1.165) is 23.5 Å². The zero-order valence-electron chi connectivity index (χ0n) is 11.6. The number of anilines is 1. The van der Waals surface area contributed by atoms with E-state index in [2.05, 4.69) is 20.8 Å². The molecule has 0 saturated heterocycles. The maximum absolute atomic E-state index is 13.2. The Kier molecular flexibility index (Phi) is 4.11. The first-order valence-electron chi connectivity index (χ1n) is 6.60. The van der Waals surface area contributed by atoms with Crippen LogP contribution in [0, 0.1) is 11.6 Å². The minimum Gasteiger partial charge on any atom is -0.297 e. The summed E-state index contributed by atoms with van der Waals surface area (Å²) >= 11 is 1.15. The summed E-state index contributed by atoms with van der Waals surface area (Å²) in [4.78, 5) is 27.1. The van der Waals surface area contributed by atoms with Gasteiger partial charge in [-0.05, 0) is 18.2 Å². The van der Waals surface area contributed by atoms with Crippen molar-refractivity contribution < 1.29 is 18.4 Å². The van der Waals surface area contributed by atoms with Crippen molar-refractivity contribution in [1.82, 2.24) is 10.4 Å². The van der Waals surface area contributed by atoms with Crippen LogP contribution in [-0.2, 0) is 9.59 Å². The molecule has 0 unspecified atom stereocenters. The number of hydrazone groups is 1. The Morgan fingerprint density at radius 3 is 2.78 bits per heavy atom. The van der Waals surface area contributed by atoms with Crippen LogP contribution in [0.5, 0.6) is 0 Å². The van der Waals surface area contributed by atoms with Crippen molar-refractivity contribution >= 4 is 34.0 Å². The quantitative estimate of drug-likeness (QED) is 0.902. The SMILES string of the molecule is O=C1CCC(C(=O)Nc2nc(-c3ccc(F)c(F)c3)cs2)=NN1. The van der Waals surface area contributed by atoms with Gasteiger partial charge in [-0.3, -0.25) is 14.9 Å². The summed E-state index contributed by atoms with van der Waals surface area (Å²) in [6.45, 7) is 0. The molecule has 1 aliphatic heterocycles. The lowest BCUT2D eigenvalue weighted by atomic mass is 10.1. The van der Waals surface area contributed by atoms with E-state index in [-0.39, 0.29) is 24.5 Å². The van der Waals surface area contributed by atoms with Gasteiger partial charge in [-0.25, -0.2) is 19.2 Å². The van der Waals surface area contributed by atoms with Gasteiger partial charge in [0, 0.05) is 23.8 Å². The van der Waals surface area contributed by atoms with Gasteiger partial charge < -0.3 is 0 Å². The Morgan fingerprint density at radius 2 is 2.09 bits per heavy atom. The van der Waals surface area contributed by atoms with Crippen molar-refractivity contribution in [3.05, 3.63) is 35.2 Å². The average molecular weight is 336 g/mol. The highest BCUT2D eigenvalue weighted by atomic mass is 32.1. The molecule has 0 aliphatic carbocycles. The second-order valence-corrected chi connectivity index (χ2v) is 5.57. The van der Waals surface area contributed by atoms with Crippen LogP contribution in [0.2, 0.25) is 0 Å². The van der Waals surface area contributed by atoms with E-state index in [1.807, 2.05) is 0 Å². The molecule has 2 aromatic rings. The standard InChI is InChI=1S/C14H10F2N4O2S/c15-8-2-1-7(5-9(8)16)11-6-23-14(17-11)18-13(22)10-3-4-12(21)20-19-10/h1-2,5-6H,3-4H2,(H,20,21)(H,17,18,22). The van der Waals surface area contributed by atoms with Gasteiger partial charge in [-0.15, -0.1) is 11.3 Å². The number of hydrogen-bond acceptors (Lipinski definition) is 5. The molecule has 0 radical (unpaired) electrons. The third-order valence-electron chi connectivity index (χ3n) is 3.11. The molecule has 118 valence electrons. The number of benzene rings is 1. The summed E-state index contributed by atoms with van der Waals surface area (Å²) in [5.74, 6) is -2.60. The van der Waals surface area contributed by atoms with Gasteiger partial charge in [0.15, 0.2) is 16.8 Å². The summed E-state index contributed by atoms with van der Waals surface area (Å²) in [7, 11) is 0. The molecule has 0 fully saturated rings. The minimum atomic E-state index is -0.964. The zero-order chi connectivity index (χ0) is 16.4. The van der Waals surface area contributed by atoms with Crippen LogP contribution in [0.4, 0.5) is 13.9 Å². The van der Waals surface area contributed by atoms with Crippen LogP contribution in [0.3, 0.4) is 0 Å². The number of nitrogens with one attached hydrogen (secondary N) is 2. The zero-order valence-corrected chi connectivity index (χ0v) is 12.4. The monoisotopic (exact) mass is 336 g/mol. The van der Waals surface area contributed by atoms with Crippen LogP contribution in [-0.4, -0.2) is 22.5 Å². The molecule has 6 nitrogen and oxygen atoms in total. The highest BCUT2D eigenvalue weighted by Crippen LogP contribution is 2.26. The van der Waals surface area contributed by atoms with Crippen molar-refractivity contribution in [2.75, 3.05) is 5.32 Å². The van der Waals surface area contributed by atoms with Gasteiger partial charge in [0.1, 0.15) is 5.71 Å². The van der Waals surface area contributed by atoms with Crippen molar-refractivity contribution in [3.8, 4) is 11.3 Å². The van der Waals surface area contributed by atoms with Gasteiger partial charge in [0.25, 0.3) is 5.91 Å². The summed E-state index contributed by atoms with van der Waals surface area (Å²) in [6.07, 6.45) is 0.448. The van der Waals surface area contributed by atoms with Crippen molar-refractivity contribution in [2.24, 2.45) is 5.10 Å². The fraction of sp³-hybridized carbons (Fsp3) is 0.143. The number of carbonyl (C=O) groups excluding carboxylic acids is 2. The smallest absolute Gasteiger partial charge is 0.273 e. The highest BCUT2D eigenvalue weighted by Gasteiger charge is 2.19. The van der Waals surface area contributed by atoms with Gasteiger partial charge in [-0.1, -0.05) is 0 Å². The third kappa shape index (κ3) is 3.39. The first kappa shape index (κ1) is 15.2. The van der Waals surface area contributed by atoms with Gasteiger partial charge >= 0.3 is 0 Å². The lowest BCUT2D eigenvalue weighted by molar-refractivity contribution is -0.121. The molecule has 0 saturated carbocycles. The van der Waals surface area contributed by atoms with Gasteiger partial charge in [0.2, 0.25) is 5.91 Å². The normalized spacial score (nSPS) is 14.2. The molecule has 1 aromatic heterocycles. The molecular weight excluding hydrogens is 326 g/mol. The van der Waals surface area contributed by atoms with E-state index in [1.165, 1.54) is 6.07 Å². The fourth-order valence-corrected chi connectivity index (χ4v) is 2.64. The summed E-state index contributed by atoms with van der Waals surface area (Å²) in [6, 6.07) is 3.46. The Balaban J connectivity index is 1.73. The number of nitrogens with zero attached hydrogens (tertiary/aromatic N) is 2. The number of carbonyl (C=O) groups is 2. The van der Waals surface area contributed by atoms with Crippen LogP contribution in [0.1, 0.15) is 12.8 Å². The highest BCUT2D eigenvalue weighted by molar-refractivity contribution is 7.14. The molecule has 9 heteroatoms. The molecule has 2 N–H and O–H groups in total. The van der Waals surface area contributed by atoms with Gasteiger partial charge in [-0.2, -0.15) is 5.10 Å². The van der Waals surface area contributed by atoms with E-state index in [4.69, 9.17) is 0 Å². The molecule has 0 bridgehead atoms. The minimum absolute atomic E-state index is 0.199. The molecule has 23 heavy (non-hydrogen) atoms. The number of rotatable bonds is 3. The van der Waals surface area contributed by atoms with Crippen molar-refractivity contribution in [3.63, 3.8) is 0 Å². The van der Waals surface area contributed by atoms with Crippen molar-refractivity contribution in [1.29, 1.82) is 0 Å². The number of aromatic nitrogens is 1. The van der Waals surface area contributed by atoms with E-state index in [0.29, 0.717) is 16.4 Å². The number of halogens is 2. The number of hydrogen-bond donors (Lipinski definition) is 2. The maximum Gasteiger partial charge on any atom is 0.273 e. The van der Waals surface area contributed by atoms with Crippen molar-refractivity contribution in [2.45, 2.75) is 12.8 Å². The Bertz CT molecular complexity index is 819. The van der Waals surface area contributed by atoms with Gasteiger partial charge in [0.05, 0.1) is 5.69 Å². The second kappa shape index (κ2) is 6.21. The third-order valence-corrected chi connectivity index (χ3v) is 3.86. The Labute approximate surface area is 133 Å². The Morgan fingerprint density at radius 1 is 1.26 bits per heavy atom. The van der Waals surface area contributed by atoms with E-state index >= 15 is 0 Å². The number of amides is 2. The predicted molar refractivity (Wildman–Crippen MR) is 80.9 cm³/mol. The summed E-state index contributed by atoms with van der Waals surface area (Å²) in [5, 5.41) is 8.16. The molecule has 2 heterocycles. The van der Waals surface area contributed by atoms with E-state index < -0.39 is 17.5 Å². The lowest BCUT2D eigenvalue weighted by Crippen LogP contribution is -2.32. The topological polar surface area (TPSA) is 83.5 Å².